The number of hydrogen-bond acceptors (Lipinski definition) is 5. The van der Waals surface area contributed by atoms with E-state index in [2.05, 4.69) is 27.5 Å². The molecule has 0 saturated carbocycles. The van der Waals surface area contributed by atoms with Crippen LogP contribution in [0.1, 0.15) is 42.6 Å². The first kappa shape index (κ1) is 23.9. The Kier molecular flexibility index (Phi) is 6.63. The smallest absolute Gasteiger partial charge is 0.239 e. The molecule has 3 heterocycles. The van der Waals surface area contributed by atoms with Crippen molar-refractivity contribution in [2.24, 2.45) is 0 Å². The highest BCUT2D eigenvalue weighted by Gasteiger charge is 2.29. The fourth-order valence-electron chi connectivity index (χ4n) is 5.13. The SMILES string of the molecule is Cc1cc(C(C)n2nc(C#N)c3ccc(N4CCN(C(=O)C5CCCN5)CC4)cc32)c(Cl)cc1Cl. The van der Waals surface area contributed by atoms with Crippen LogP contribution in [0.3, 0.4) is 0 Å². The summed E-state index contributed by atoms with van der Waals surface area (Å²) in [5.41, 5.74) is 4.17. The fraction of sp³-hybridized carbons (Fsp3) is 0.423. The summed E-state index contributed by atoms with van der Waals surface area (Å²) in [4.78, 5) is 17.0. The normalized spacial score (nSPS) is 19.2. The lowest BCUT2D eigenvalue weighted by Gasteiger charge is -2.37. The number of rotatable bonds is 4. The maximum atomic E-state index is 12.8. The van der Waals surface area contributed by atoms with Gasteiger partial charge in [-0.1, -0.05) is 29.3 Å². The number of amides is 1. The summed E-state index contributed by atoms with van der Waals surface area (Å²) in [6, 6.07) is 11.8. The molecule has 2 atom stereocenters. The molecule has 0 bridgehead atoms. The molecule has 1 aromatic heterocycles. The van der Waals surface area contributed by atoms with Gasteiger partial charge in [-0.05, 0) is 68.6 Å². The van der Waals surface area contributed by atoms with E-state index in [9.17, 15) is 10.1 Å². The number of anilines is 1. The van der Waals surface area contributed by atoms with E-state index in [0.717, 1.165) is 60.2 Å². The standard InChI is InChI=1S/C26H28Cl2N6O/c1-16-12-20(22(28)14-21(16)27)17(2)34-25-13-18(5-6-19(25)24(15-29)31-34)32-8-10-33(11-9-32)26(35)23-4-3-7-30-23/h5-6,12-14,17,23,30H,3-4,7-11H2,1-2H3. The Morgan fingerprint density at radius 3 is 2.63 bits per heavy atom. The first-order valence-electron chi connectivity index (χ1n) is 12.0. The number of nitriles is 1. The number of carbonyl (C=O) groups is 1. The Bertz CT molecular complexity index is 1320. The molecule has 0 aliphatic carbocycles. The summed E-state index contributed by atoms with van der Waals surface area (Å²) >= 11 is 12.8. The Labute approximate surface area is 215 Å². The topological polar surface area (TPSA) is 77.2 Å². The van der Waals surface area contributed by atoms with E-state index < -0.39 is 0 Å². The largest absolute Gasteiger partial charge is 0.368 e. The van der Waals surface area contributed by atoms with Crippen molar-refractivity contribution in [3.05, 3.63) is 57.2 Å². The van der Waals surface area contributed by atoms with Gasteiger partial charge in [0.1, 0.15) is 6.07 Å². The summed E-state index contributed by atoms with van der Waals surface area (Å²) in [5.74, 6) is 0.221. The first-order chi connectivity index (χ1) is 16.9. The third-order valence-electron chi connectivity index (χ3n) is 7.21. The van der Waals surface area contributed by atoms with Gasteiger partial charge in [0.15, 0.2) is 5.69 Å². The molecule has 1 N–H and O–H groups in total. The number of nitrogens with zero attached hydrogens (tertiary/aromatic N) is 5. The molecule has 182 valence electrons. The van der Waals surface area contributed by atoms with E-state index in [0.29, 0.717) is 28.8 Å². The van der Waals surface area contributed by atoms with Gasteiger partial charge in [0.25, 0.3) is 0 Å². The second-order valence-corrected chi connectivity index (χ2v) is 10.2. The number of fused-ring (bicyclic) bond motifs is 1. The van der Waals surface area contributed by atoms with E-state index in [1.807, 2.05) is 41.6 Å². The summed E-state index contributed by atoms with van der Waals surface area (Å²) < 4.78 is 1.87. The van der Waals surface area contributed by atoms with Gasteiger partial charge in [-0.15, -0.1) is 0 Å². The zero-order valence-corrected chi connectivity index (χ0v) is 21.4. The van der Waals surface area contributed by atoms with Crippen LogP contribution in [0.25, 0.3) is 10.9 Å². The maximum absolute atomic E-state index is 12.8. The van der Waals surface area contributed by atoms with Crippen LogP contribution in [0.5, 0.6) is 0 Å². The molecule has 2 fully saturated rings. The molecular weight excluding hydrogens is 483 g/mol. The van der Waals surface area contributed by atoms with Gasteiger partial charge >= 0.3 is 0 Å². The molecule has 1 amide bonds. The van der Waals surface area contributed by atoms with Gasteiger partial charge in [-0.25, -0.2) is 0 Å². The van der Waals surface area contributed by atoms with Crippen LogP contribution in [0.15, 0.2) is 30.3 Å². The number of piperazine rings is 1. The zero-order chi connectivity index (χ0) is 24.7. The van der Waals surface area contributed by atoms with Gasteiger partial charge in [0, 0.05) is 47.3 Å². The number of benzene rings is 2. The van der Waals surface area contributed by atoms with E-state index >= 15 is 0 Å². The van der Waals surface area contributed by atoms with Crippen molar-refractivity contribution in [3.8, 4) is 6.07 Å². The average Bonchev–Trinajstić information content (AvgIpc) is 3.53. The first-order valence-corrected chi connectivity index (χ1v) is 12.8. The van der Waals surface area contributed by atoms with Gasteiger partial charge < -0.3 is 15.1 Å². The summed E-state index contributed by atoms with van der Waals surface area (Å²) in [5, 5.41) is 19.6. The third kappa shape index (κ3) is 4.47. The molecule has 2 aliphatic heterocycles. The van der Waals surface area contributed by atoms with E-state index in [1.54, 1.807) is 6.07 Å². The second-order valence-electron chi connectivity index (χ2n) is 9.37. The average molecular weight is 511 g/mol. The monoisotopic (exact) mass is 510 g/mol. The predicted molar refractivity (Wildman–Crippen MR) is 139 cm³/mol. The van der Waals surface area contributed by atoms with Crippen molar-refractivity contribution in [2.75, 3.05) is 37.6 Å². The van der Waals surface area contributed by atoms with Crippen molar-refractivity contribution >= 4 is 45.7 Å². The lowest BCUT2D eigenvalue weighted by Crippen LogP contribution is -2.53. The predicted octanol–water partition coefficient (Wildman–Crippen LogP) is 4.53. The lowest BCUT2D eigenvalue weighted by molar-refractivity contribution is -0.133. The molecule has 35 heavy (non-hydrogen) atoms. The Morgan fingerprint density at radius 1 is 1.17 bits per heavy atom. The minimum Gasteiger partial charge on any atom is -0.368 e. The van der Waals surface area contributed by atoms with Crippen molar-refractivity contribution in [3.63, 3.8) is 0 Å². The maximum Gasteiger partial charge on any atom is 0.239 e. The summed E-state index contributed by atoms with van der Waals surface area (Å²) in [7, 11) is 0. The lowest BCUT2D eigenvalue weighted by atomic mass is 10.1. The van der Waals surface area contributed by atoms with Gasteiger partial charge in [-0.2, -0.15) is 10.4 Å². The number of carbonyl (C=O) groups excluding carboxylic acids is 1. The molecule has 2 aliphatic rings. The molecule has 9 heteroatoms. The summed E-state index contributed by atoms with van der Waals surface area (Å²) in [6.07, 6.45) is 1.99. The molecule has 5 rings (SSSR count). The van der Waals surface area contributed by atoms with Crippen LogP contribution in [-0.4, -0.2) is 59.4 Å². The molecule has 0 spiro atoms. The molecule has 2 aromatic carbocycles. The zero-order valence-electron chi connectivity index (χ0n) is 19.9. The number of aromatic nitrogens is 2. The highest BCUT2D eigenvalue weighted by atomic mass is 35.5. The minimum atomic E-state index is -0.188. The molecule has 2 unspecified atom stereocenters. The number of aryl methyl sites for hydroxylation is 1. The molecular formula is C26H28Cl2N6O. The van der Waals surface area contributed by atoms with E-state index in [-0.39, 0.29) is 18.0 Å². The Morgan fingerprint density at radius 2 is 1.94 bits per heavy atom. The van der Waals surface area contributed by atoms with E-state index in [4.69, 9.17) is 23.2 Å². The molecule has 2 saturated heterocycles. The quantitative estimate of drug-likeness (QED) is 0.557. The second kappa shape index (κ2) is 9.69. The molecule has 3 aromatic rings. The highest BCUT2D eigenvalue weighted by molar-refractivity contribution is 6.35. The van der Waals surface area contributed by atoms with Crippen LogP contribution in [0.4, 0.5) is 5.69 Å². The van der Waals surface area contributed by atoms with Crippen molar-refractivity contribution in [1.29, 1.82) is 5.26 Å². The third-order valence-corrected chi connectivity index (χ3v) is 7.94. The molecule has 0 radical (unpaired) electrons. The van der Waals surface area contributed by atoms with E-state index in [1.165, 1.54) is 0 Å². The van der Waals surface area contributed by atoms with Crippen molar-refractivity contribution in [2.45, 2.75) is 38.8 Å². The van der Waals surface area contributed by atoms with Crippen molar-refractivity contribution in [1.82, 2.24) is 20.0 Å². The Hall–Kier alpha value is -2.79. The Balaban J connectivity index is 1.42. The fourth-order valence-corrected chi connectivity index (χ4v) is 5.67. The highest BCUT2D eigenvalue weighted by Crippen LogP contribution is 2.34. The number of nitrogens with one attached hydrogen (secondary N) is 1. The molecule has 7 nitrogen and oxygen atoms in total. The van der Waals surface area contributed by atoms with Crippen LogP contribution in [-0.2, 0) is 4.79 Å². The van der Waals surface area contributed by atoms with Gasteiger partial charge in [0.05, 0.1) is 17.6 Å². The number of halogens is 2. The summed E-state index contributed by atoms with van der Waals surface area (Å²) in [6.45, 7) is 7.83. The van der Waals surface area contributed by atoms with Crippen LogP contribution < -0.4 is 10.2 Å². The van der Waals surface area contributed by atoms with Crippen LogP contribution in [0.2, 0.25) is 10.0 Å². The minimum absolute atomic E-state index is 0.0264. The van der Waals surface area contributed by atoms with Gasteiger partial charge in [0.2, 0.25) is 5.91 Å². The van der Waals surface area contributed by atoms with Crippen molar-refractivity contribution < 1.29 is 4.79 Å². The number of hydrogen-bond donors (Lipinski definition) is 1. The van der Waals surface area contributed by atoms with Crippen LogP contribution >= 0.6 is 23.2 Å². The van der Waals surface area contributed by atoms with Gasteiger partial charge in [-0.3, -0.25) is 9.48 Å². The van der Waals surface area contributed by atoms with Crippen LogP contribution in [0, 0.1) is 18.3 Å².